The number of hydrogen-bond donors (Lipinski definition) is 1. The summed E-state index contributed by atoms with van der Waals surface area (Å²) in [5.41, 5.74) is 2.58. The number of aryl methyl sites for hydroxylation is 1. The highest BCUT2D eigenvalue weighted by Crippen LogP contribution is 2.25. The van der Waals surface area contributed by atoms with Crippen LogP contribution in [0.15, 0.2) is 6.20 Å². The molecule has 114 valence electrons. The Kier molecular flexibility index (Phi) is 5.22. The lowest BCUT2D eigenvalue weighted by Crippen LogP contribution is -2.37. The third-order valence-corrected chi connectivity index (χ3v) is 4.62. The molecule has 0 radical (unpaired) electrons. The predicted molar refractivity (Wildman–Crippen MR) is 81.4 cm³/mol. The molecule has 0 unspecified atom stereocenters. The van der Waals surface area contributed by atoms with E-state index in [4.69, 9.17) is 0 Å². The summed E-state index contributed by atoms with van der Waals surface area (Å²) < 4.78 is 1.94. The lowest BCUT2D eigenvalue weighted by molar-refractivity contribution is 0.0436. The third-order valence-electron chi connectivity index (χ3n) is 4.62. The first kappa shape index (κ1) is 15.5. The molecule has 1 aliphatic rings. The molecule has 0 spiro atoms. The monoisotopic (exact) mass is 279 g/mol. The van der Waals surface area contributed by atoms with Crippen molar-refractivity contribution in [1.29, 1.82) is 0 Å². The topological polar surface area (TPSA) is 41.3 Å². The molecule has 1 aliphatic heterocycles. The van der Waals surface area contributed by atoms with E-state index in [1.165, 1.54) is 11.3 Å². The van der Waals surface area contributed by atoms with Crippen LogP contribution in [0.2, 0.25) is 0 Å². The maximum absolute atomic E-state index is 10.2. The molecule has 0 aliphatic carbocycles. The fourth-order valence-electron chi connectivity index (χ4n) is 3.11. The van der Waals surface area contributed by atoms with Crippen LogP contribution >= 0.6 is 0 Å². The summed E-state index contributed by atoms with van der Waals surface area (Å²) in [6, 6.07) is 0. The predicted octanol–water partition coefficient (Wildman–Crippen LogP) is 2.35. The molecule has 20 heavy (non-hydrogen) atoms. The first-order valence-corrected chi connectivity index (χ1v) is 7.85. The van der Waals surface area contributed by atoms with Crippen LogP contribution in [-0.4, -0.2) is 39.0 Å². The molecule has 0 amide bonds. The third kappa shape index (κ3) is 3.83. The highest BCUT2D eigenvalue weighted by molar-refractivity contribution is 5.15. The molecule has 1 saturated heterocycles. The number of nitrogens with zero attached hydrogens (tertiary/aromatic N) is 3. The Balaban J connectivity index is 1.81. The van der Waals surface area contributed by atoms with E-state index in [-0.39, 0.29) is 6.10 Å². The van der Waals surface area contributed by atoms with Crippen LogP contribution in [0.5, 0.6) is 0 Å². The van der Waals surface area contributed by atoms with E-state index in [2.05, 4.69) is 30.8 Å². The van der Waals surface area contributed by atoms with Gasteiger partial charge in [0.15, 0.2) is 0 Å². The second-order valence-corrected chi connectivity index (χ2v) is 6.69. The molecule has 1 atom stereocenters. The highest BCUT2D eigenvalue weighted by Gasteiger charge is 2.26. The lowest BCUT2D eigenvalue weighted by Gasteiger charge is -2.34. The molecular formula is C16H29N3O. The van der Waals surface area contributed by atoms with E-state index >= 15 is 0 Å². The molecule has 2 heterocycles. The Hall–Kier alpha value is -0.870. The van der Waals surface area contributed by atoms with Gasteiger partial charge in [0.25, 0.3) is 0 Å². The van der Waals surface area contributed by atoms with E-state index in [0.717, 1.165) is 38.9 Å². The Morgan fingerprint density at radius 1 is 1.35 bits per heavy atom. The first-order chi connectivity index (χ1) is 9.47. The molecule has 2 rings (SSSR count). The van der Waals surface area contributed by atoms with E-state index in [0.29, 0.717) is 11.8 Å². The van der Waals surface area contributed by atoms with Crippen molar-refractivity contribution in [2.24, 2.45) is 18.9 Å². The average Bonchev–Trinajstić information content (AvgIpc) is 2.71. The molecule has 1 N–H and O–H groups in total. The molecule has 1 aromatic heterocycles. The second-order valence-electron chi connectivity index (χ2n) is 6.69. The van der Waals surface area contributed by atoms with Crippen molar-refractivity contribution >= 4 is 0 Å². The maximum atomic E-state index is 10.2. The maximum Gasteiger partial charge on any atom is 0.0571 e. The van der Waals surface area contributed by atoms with Gasteiger partial charge in [-0.1, -0.05) is 13.8 Å². The smallest absolute Gasteiger partial charge is 0.0571 e. The SMILES string of the molecule is Cc1c(CN2CCC([C@@H](O)CC(C)C)CC2)cnn1C. The summed E-state index contributed by atoms with van der Waals surface area (Å²) >= 11 is 0. The minimum Gasteiger partial charge on any atom is -0.393 e. The van der Waals surface area contributed by atoms with Crippen molar-refractivity contribution in [3.05, 3.63) is 17.5 Å². The number of piperidine rings is 1. The van der Waals surface area contributed by atoms with Gasteiger partial charge in [0.05, 0.1) is 12.3 Å². The van der Waals surface area contributed by atoms with Gasteiger partial charge in [-0.2, -0.15) is 5.10 Å². The van der Waals surface area contributed by atoms with Crippen LogP contribution in [0.4, 0.5) is 0 Å². The fourth-order valence-corrected chi connectivity index (χ4v) is 3.11. The molecule has 1 aromatic rings. The summed E-state index contributed by atoms with van der Waals surface area (Å²) in [6.45, 7) is 9.67. The van der Waals surface area contributed by atoms with Crippen LogP contribution in [0, 0.1) is 18.8 Å². The van der Waals surface area contributed by atoms with E-state index < -0.39 is 0 Å². The molecule has 0 aromatic carbocycles. The van der Waals surface area contributed by atoms with Crippen LogP contribution in [-0.2, 0) is 13.6 Å². The number of rotatable bonds is 5. The van der Waals surface area contributed by atoms with Crippen molar-refractivity contribution in [2.45, 2.75) is 52.7 Å². The Bertz CT molecular complexity index is 419. The quantitative estimate of drug-likeness (QED) is 0.899. The van der Waals surface area contributed by atoms with Gasteiger partial charge < -0.3 is 5.11 Å². The van der Waals surface area contributed by atoms with Crippen molar-refractivity contribution in [3.8, 4) is 0 Å². The zero-order chi connectivity index (χ0) is 14.7. The summed E-state index contributed by atoms with van der Waals surface area (Å²) in [6.07, 6.45) is 5.04. The zero-order valence-electron chi connectivity index (χ0n) is 13.3. The summed E-state index contributed by atoms with van der Waals surface area (Å²) in [4.78, 5) is 2.49. The van der Waals surface area contributed by atoms with Gasteiger partial charge in [-0.15, -0.1) is 0 Å². The van der Waals surface area contributed by atoms with Crippen molar-refractivity contribution in [3.63, 3.8) is 0 Å². The van der Waals surface area contributed by atoms with Gasteiger partial charge in [0, 0.05) is 24.8 Å². The molecule has 4 nitrogen and oxygen atoms in total. The zero-order valence-corrected chi connectivity index (χ0v) is 13.3. The van der Waals surface area contributed by atoms with E-state index in [9.17, 15) is 5.11 Å². The Morgan fingerprint density at radius 2 is 2.00 bits per heavy atom. The van der Waals surface area contributed by atoms with Crippen LogP contribution in [0.1, 0.15) is 44.4 Å². The first-order valence-electron chi connectivity index (χ1n) is 7.85. The largest absolute Gasteiger partial charge is 0.393 e. The van der Waals surface area contributed by atoms with Gasteiger partial charge >= 0.3 is 0 Å². The summed E-state index contributed by atoms with van der Waals surface area (Å²) in [7, 11) is 1.99. The molecule has 0 bridgehead atoms. The minimum absolute atomic E-state index is 0.114. The normalized spacial score (nSPS) is 19.7. The standard InChI is InChI=1S/C16H29N3O/c1-12(2)9-16(20)14-5-7-19(8-6-14)11-15-10-17-18(4)13(15)3/h10,12,14,16,20H,5-9,11H2,1-4H3/t16-/m0/s1. The number of aromatic nitrogens is 2. The van der Waals surface area contributed by atoms with Gasteiger partial charge in [0.1, 0.15) is 0 Å². The van der Waals surface area contributed by atoms with Gasteiger partial charge in [-0.25, -0.2) is 0 Å². The number of aliphatic hydroxyl groups is 1. The number of likely N-dealkylation sites (tertiary alicyclic amines) is 1. The second kappa shape index (κ2) is 6.72. The van der Waals surface area contributed by atoms with Crippen LogP contribution in [0.3, 0.4) is 0 Å². The van der Waals surface area contributed by atoms with E-state index in [1.807, 2.05) is 17.9 Å². The summed E-state index contributed by atoms with van der Waals surface area (Å²) in [5, 5.41) is 14.5. The highest BCUT2D eigenvalue weighted by atomic mass is 16.3. The molecule has 1 fully saturated rings. The fraction of sp³-hybridized carbons (Fsp3) is 0.812. The van der Waals surface area contributed by atoms with Crippen LogP contribution < -0.4 is 0 Å². The molecule has 4 heteroatoms. The Morgan fingerprint density at radius 3 is 2.50 bits per heavy atom. The van der Waals surface area contributed by atoms with Crippen molar-refractivity contribution in [2.75, 3.05) is 13.1 Å². The van der Waals surface area contributed by atoms with Gasteiger partial charge in [-0.05, 0) is 51.1 Å². The van der Waals surface area contributed by atoms with E-state index in [1.54, 1.807) is 0 Å². The van der Waals surface area contributed by atoms with Crippen molar-refractivity contribution < 1.29 is 5.11 Å². The number of aliphatic hydroxyl groups excluding tert-OH is 1. The summed E-state index contributed by atoms with van der Waals surface area (Å²) in [5.74, 6) is 1.07. The van der Waals surface area contributed by atoms with Crippen LogP contribution in [0.25, 0.3) is 0 Å². The molecule has 0 saturated carbocycles. The van der Waals surface area contributed by atoms with Gasteiger partial charge in [-0.3, -0.25) is 9.58 Å². The van der Waals surface area contributed by atoms with Crippen molar-refractivity contribution in [1.82, 2.24) is 14.7 Å². The Labute approximate surface area is 122 Å². The minimum atomic E-state index is -0.114. The number of hydrogen-bond acceptors (Lipinski definition) is 3. The lowest BCUT2D eigenvalue weighted by atomic mass is 9.87. The average molecular weight is 279 g/mol. The molecular weight excluding hydrogens is 250 g/mol. The van der Waals surface area contributed by atoms with Gasteiger partial charge in [0.2, 0.25) is 0 Å².